The number of benzene rings is 2. The summed E-state index contributed by atoms with van der Waals surface area (Å²) in [4.78, 5) is 10.4. The van der Waals surface area contributed by atoms with Crippen molar-refractivity contribution in [1.82, 2.24) is 0 Å². The zero-order valence-electron chi connectivity index (χ0n) is 10.8. The second-order valence-electron chi connectivity index (χ2n) is 4.36. The van der Waals surface area contributed by atoms with Crippen molar-refractivity contribution >= 4 is 27.3 Å². The Morgan fingerprint density at radius 1 is 1.35 bits per heavy atom. The number of nitro groups is 1. The van der Waals surface area contributed by atoms with Gasteiger partial charge in [0.25, 0.3) is 5.69 Å². The summed E-state index contributed by atoms with van der Waals surface area (Å²) in [5.74, 6) is 0.217. The van der Waals surface area contributed by atoms with E-state index in [0.29, 0.717) is 16.6 Å². The van der Waals surface area contributed by atoms with Gasteiger partial charge in [0.1, 0.15) is 5.75 Å². The van der Waals surface area contributed by atoms with Crippen LogP contribution in [0.4, 0.5) is 11.4 Å². The lowest BCUT2D eigenvalue weighted by Crippen LogP contribution is -2.02. The van der Waals surface area contributed by atoms with Crippen LogP contribution in [0.15, 0.2) is 40.9 Å². The first-order valence-electron chi connectivity index (χ1n) is 5.94. The molecule has 0 aromatic heterocycles. The number of nitro benzene ring substituents is 1. The minimum Gasteiger partial charge on any atom is -0.508 e. The lowest BCUT2D eigenvalue weighted by Gasteiger charge is -2.11. The molecule has 0 atom stereocenters. The van der Waals surface area contributed by atoms with Crippen molar-refractivity contribution in [3.8, 4) is 5.75 Å². The van der Waals surface area contributed by atoms with Gasteiger partial charge >= 0.3 is 0 Å². The van der Waals surface area contributed by atoms with Crippen LogP contribution in [0.2, 0.25) is 0 Å². The highest BCUT2D eigenvalue weighted by atomic mass is 79.9. The third kappa shape index (κ3) is 3.08. The Labute approximate surface area is 124 Å². The van der Waals surface area contributed by atoms with Gasteiger partial charge in [-0.1, -0.05) is 18.2 Å². The second kappa shape index (κ2) is 5.92. The van der Waals surface area contributed by atoms with Crippen molar-refractivity contribution in [3.63, 3.8) is 0 Å². The molecule has 104 valence electrons. The third-order valence-electron chi connectivity index (χ3n) is 2.94. The van der Waals surface area contributed by atoms with Crippen molar-refractivity contribution in [2.45, 2.75) is 13.5 Å². The minimum atomic E-state index is -0.410. The maximum Gasteiger partial charge on any atom is 0.273 e. The van der Waals surface area contributed by atoms with Crippen LogP contribution in [-0.2, 0) is 6.54 Å². The van der Waals surface area contributed by atoms with Crippen LogP contribution in [0.3, 0.4) is 0 Å². The van der Waals surface area contributed by atoms with Gasteiger partial charge in [-0.05, 0) is 35.0 Å². The lowest BCUT2D eigenvalue weighted by atomic mass is 10.1. The molecule has 2 rings (SSSR count). The van der Waals surface area contributed by atoms with Crippen LogP contribution in [0, 0.1) is 17.0 Å². The van der Waals surface area contributed by atoms with Crippen molar-refractivity contribution in [3.05, 3.63) is 62.1 Å². The fourth-order valence-corrected chi connectivity index (χ4v) is 2.33. The molecule has 0 aliphatic carbocycles. The van der Waals surface area contributed by atoms with E-state index in [4.69, 9.17) is 0 Å². The number of nitrogens with one attached hydrogen (secondary N) is 1. The molecule has 20 heavy (non-hydrogen) atoms. The van der Waals surface area contributed by atoms with Gasteiger partial charge < -0.3 is 10.4 Å². The van der Waals surface area contributed by atoms with Crippen molar-refractivity contribution < 1.29 is 10.0 Å². The first-order chi connectivity index (χ1) is 9.49. The maximum atomic E-state index is 10.8. The van der Waals surface area contributed by atoms with E-state index in [1.165, 1.54) is 6.07 Å². The summed E-state index contributed by atoms with van der Waals surface area (Å²) < 4.78 is 0.616. The molecule has 0 bridgehead atoms. The minimum absolute atomic E-state index is 0.0741. The standard InChI is InChI=1S/C14H13BrN2O3/c1-9-6-12(11(15)7-13(9)17(19)20)16-8-10-4-2-3-5-14(10)18/h2-7,16,18H,8H2,1H3. The number of anilines is 1. The first-order valence-corrected chi connectivity index (χ1v) is 6.73. The van der Waals surface area contributed by atoms with Gasteiger partial charge in [0.05, 0.1) is 4.92 Å². The number of aromatic hydroxyl groups is 1. The molecule has 0 radical (unpaired) electrons. The topological polar surface area (TPSA) is 75.4 Å². The van der Waals surface area contributed by atoms with Gasteiger partial charge in [0, 0.05) is 33.9 Å². The molecule has 0 aliphatic heterocycles. The zero-order valence-corrected chi connectivity index (χ0v) is 12.3. The fraction of sp³-hybridized carbons (Fsp3) is 0.143. The summed E-state index contributed by atoms with van der Waals surface area (Å²) in [6.45, 7) is 2.12. The Hall–Kier alpha value is -2.08. The first kappa shape index (κ1) is 14.3. The van der Waals surface area contributed by atoms with Crippen molar-refractivity contribution in [2.24, 2.45) is 0 Å². The van der Waals surface area contributed by atoms with Crippen LogP contribution in [0.5, 0.6) is 5.75 Å². The quantitative estimate of drug-likeness (QED) is 0.654. The molecule has 0 fully saturated rings. The van der Waals surface area contributed by atoms with E-state index < -0.39 is 4.92 Å². The maximum absolute atomic E-state index is 10.8. The molecule has 0 amide bonds. The van der Waals surface area contributed by atoms with Crippen molar-refractivity contribution in [2.75, 3.05) is 5.32 Å². The van der Waals surface area contributed by atoms with E-state index in [1.54, 1.807) is 25.1 Å². The molecule has 0 saturated heterocycles. The summed E-state index contributed by atoms with van der Waals surface area (Å²) in [7, 11) is 0. The molecular formula is C14H13BrN2O3. The van der Waals surface area contributed by atoms with Gasteiger partial charge in [-0.3, -0.25) is 10.1 Å². The van der Waals surface area contributed by atoms with Crippen LogP contribution < -0.4 is 5.32 Å². The summed E-state index contributed by atoms with van der Waals surface area (Å²) in [5.41, 5.74) is 2.16. The Kier molecular flexibility index (Phi) is 4.24. The van der Waals surface area contributed by atoms with Crippen LogP contribution in [0.1, 0.15) is 11.1 Å². The predicted molar refractivity (Wildman–Crippen MR) is 81.0 cm³/mol. The van der Waals surface area contributed by atoms with Gasteiger partial charge in [0.2, 0.25) is 0 Å². The Balaban J connectivity index is 2.21. The highest BCUT2D eigenvalue weighted by Gasteiger charge is 2.14. The van der Waals surface area contributed by atoms with E-state index in [1.807, 2.05) is 12.1 Å². The Morgan fingerprint density at radius 2 is 2.05 bits per heavy atom. The number of aryl methyl sites for hydroxylation is 1. The van der Waals surface area contributed by atoms with Crippen LogP contribution >= 0.6 is 15.9 Å². The lowest BCUT2D eigenvalue weighted by molar-refractivity contribution is -0.385. The van der Waals surface area contributed by atoms with E-state index in [2.05, 4.69) is 21.2 Å². The molecule has 5 nitrogen and oxygen atoms in total. The summed E-state index contributed by atoms with van der Waals surface area (Å²) in [6, 6.07) is 10.2. The highest BCUT2D eigenvalue weighted by Crippen LogP contribution is 2.31. The summed E-state index contributed by atoms with van der Waals surface area (Å²) >= 11 is 3.31. The number of phenols is 1. The molecule has 0 saturated carbocycles. The SMILES string of the molecule is Cc1cc(NCc2ccccc2O)c(Br)cc1[N+](=O)[O-]. The van der Waals surface area contributed by atoms with Gasteiger partial charge in [-0.25, -0.2) is 0 Å². The number of rotatable bonds is 4. The van der Waals surface area contributed by atoms with E-state index in [0.717, 1.165) is 11.3 Å². The van der Waals surface area contributed by atoms with Gasteiger partial charge in [-0.2, -0.15) is 0 Å². The second-order valence-corrected chi connectivity index (χ2v) is 5.21. The average Bonchev–Trinajstić information content (AvgIpc) is 2.40. The fourth-order valence-electron chi connectivity index (χ4n) is 1.85. The number of halogens is 1. The predicted octanol–water partition coefficient (Wildman–Crippen LogP) is 3.98. The summed E-state index contributed by atoms with van der Waals surface area (Å²) in [5, 5.41) is 23.7. The smallest absolute Gasteiger partial charge is 0.273 e. The molecule has 0 aliphatic rings. The van der Waals surface area contributed by atoms with Crippen LogP contribution in [0.25, 0.3) is 0 Å². The number of nitrogens with zero attached hydrogens (tertiary/aromatic N) is 1. The largest absolute Gasteiger partial charge is 0.508 e. The van der Waals surface area contributed by atoms with Crippen molar-refractivity contribution in [1.29, 1.82) is 0 Å². The van der Waals surface area contributed by atoms with Crippen LogP contribution in [-0.4, -0.2) is 10.0 Å². The highest BCUT2D eigenvalue weighted by molar-refractivity contribution is 9.10. The molecular weight excluding hydrogens is 324 g/mol. The average molecular weight is 337 g/mol. The monoisotopic (exact) mass is 336 g/mol. The molecule has 0 spiro atoms. The number of hydrogen-bond acceptors (Lipinski definition) is 4. The van der Waals surface area contributed by atoms with E-state index >= 15 is 0 Å². The molecule has 0 unspecified atom stereocenters. The Bertz CT molecular complexity index is 659. The number of phenolic OH excluding ortho intramolecular Hbond substituents is 1. The number of hydrogen-bond donors (Lipinski definition) is 2. The zero-order chi connectivity index (χ0) is 14.7. The molecule has 2 aromatic rings. The molecule has 2 aromatic carbocycles. The normalized spacial score (nSPS) is 10.3. The summed E-state index contributed by atoms with van der Waals surface area (Å²) in [6.07, 6.45) is 0. The molecule has 6 heteroatoms. The Morgan fingerprint density at radius 3 is 2.70 bits per heavy atom. The van der Waals surface area contributed by atoms with Gasteiger partial charge in [0.15, 0.2) is 0 Å². The van der Waals surface area contributed by atoms with E-state index in [-0.39, 0.29) is 11.4 Å². The van der Waals surface area contributed by atoms with Gasteiger partial charge in [-0.15, -0.1) is 0 Å². The number of para-hydroxylation sites is 1. The third-order valence-corrected chi connectivity index (χ3v) is 3.60. The van der Waals surface area contributed by atoms with E-state index in [9.17, 15) is 15.2 Å². The molecule has 2 N–H and O–H groups in total. The molecule has 0 heterocycles.